The fourth-order valence-corrected chi connectivity index (χ4v) is 9.39. The third-order valence-corrected chi connectivity index (χ3v) is 11.9. The lowest BCUT2D eigenvalue weighted by Gasteiger charge is -2.44. The minimum absolute atomic E-state index is 0.0191. The molecule has 0 aromatic heterocycles. The molecule has 3 rings (SSSR count). The van der Waals surface area contributed by atoms with E-state index in [1.54, 1.807) is 48.5 Å². The van der Waals surface area contributed by atoms with Crippen LogP contribution >= 0.6 is 0 Å². The van der Waals surface area contributed by atoms with Crippen molar-refractivity contribution in [2.45, 2.75) is 124 Å². The van der Waals surface area contributed by atoms with Crippen LogP contribution in [0, 0.1) is 22.2 Å². The molecule has 0 amide bonds. The number of rotatable bonds is 24. The molecule has 1 fully saturated rings. The van der Waals surface area contributed by atoms with Crippen molar-refractivity contribution in [3.05, 3.63) is 71.8 Å². The first kappa shape index (κ1) is 51.7. The molecule has 62 heavy (non-hydrogen) atoms. The van der Waals surface area contributed by atoms with Crippen molar-refractivity contribution in [1.82, 2.24) is 5.32 Å². The van der Waals surface area contributed by atoms with Crippen molar-refractivity contribution in [2.24, 2.45) is 22.2 Å². The minimum Gasteiger partial charge on any atom is -0.469 e. The molecule has 0 aliphatic carbocycles. The molecule has 1 saturated heterocycles. The molecule has 1 heterocycles. The fourth-order valence-electron chi connectivity index (χ4n) is 8.04. The lowest BCUT2D eigenvalue weighted by Crippen LogP contribution is -2.53. The van der Waals surface area contributed by atoms with Crippen LogP contribution in [-0.4, -0.2) is 96.4 Å². The number of nitrogens with one attached hydrogen (secondary N) is 1. The zero-order chi connectivity index (χ0) is 46.4. The van der Waals surface area contributed by atoms with E-state index in [2.05, 4.69) is 49.2 Å². The van der Waals surface area contributed by atoms with Gasteiger partial charge in [0, 0.05) is 19.0 Å². The van der Waals surface area contributed by atoms with Crippen molar-refractivity contribution in [1.29, 1.82) is 0 Å². The Morgan fingerprint density at radius 1 is 0.694 bits per heavy atom. The summed E-state index contributed by atoms with van der Waals surface area (Å²) in [6.45, 7) is 17.8. The highest BCUT2D eigenvalue weighted by Crippen LogP contribution is 2.46. The molecule has 1 N–H and O–H groups in total. The maximum atomic E-state index is 13.5. The summed E-state index contributed by atoms with van der Waals surface area (Å²) in [5.41, 5.74) is -2.48. The molecule has 2 aromatic carbocycles. The number of hydrogen-bond acceptors (Lipinski definition) is 14. The molecule has 0 spiro atoms. The largest absolute Gasteiger partial charge is 0.469 e. The van der Waals surface area contributed by atoms with Gasteiger partial charge < -0.3 is 38.2 Å². The zero-order valence-electron chi connectivity index (χ0n) is 38.6. The number of hydrogen-bond donors (Lipinski definition) is 1. The van der Waals surface area contributed by atoms with E-state index in [1.807, 2.05) is 36.4 Å². The summed E-state index contributed by atoms with van der Waals surface area (Å²) in [6, 6.07) is 20.0. The molecule has 2 unspecified atom stereocenters. The molecule has 14 nitrogen and oxygen atoms in total. The highest BCUT2D eigenvalue weighted by Gasteiger charge is 2.51. The normalized spacial score (nSPS) is 17.5. The molecule has 1 aliphatic rings. The average Bonchev–Trinajstić information content (AvgIpc) is 3.70. The predicted molar refractivity (Wildman–Crippen MR) is 234 cm³/mol. The summed E-state index contributed by atoms with van der Waals surface area (Å²) in [5.74, 6) is -3.76. The van der Waals surface area contributed by atoms with Gasteiger partial charge in [0.05, 0.1) is 42.1 Å². The van der Waals surface area contributed by atoms with Crippen molar-refractivity contribution < 1.29 is 61.6 Å². The second kappa shape index (κ2) is 22.7. The number of benzene rings is 2. The Morgan fingerprint density at radius 3 is 1.73 bits per heavy atom. The van der Waals surface area contributed by atoms with E-state index in [0.717, 1.165) is 11.1 Å². The fraction of sp³-hybridized carbons (Fsp3) is 0.617. The average molecular weight is 884 g/mol. The van der Waals surface area contributed by atoms with Crippen LogP contribution in [0.1, 0.15) is 98.1 Å². The first-order valence-corrected chi connectivity index (χ1v) is 24.9. The molecule has 1 aliphatic heterocycles. The molecule has 4 atom stereocenters. The van der Waals surface area contributed by atoms with Crippen molar-refractivity contribution >= 4 is 44.1 Å². The van der Waals surface area contributed by atoms with Gasteiger partial charge in [-0.05, 0) is 77.7 Å². The molecule has 0 bridgehead atoms. The Morgan fingerprint density at radius 2 is 1.21 bits per heavy atom. The van der Waals surface area contributed by atoms with Crippen LogP contribution in [0.2, 0.25) is 19.6 Å². The molecule has 2 aromatic rings. The summed E-state index contributed by atoms with van der Waals surface area (Å²) in [4.78, 5) is 77.1. The Bertz CT molecular complexity index is 1770. The Kier molecular flexibility index (Phi) is 18.9. The second-order valence-electron chi connectivity index (χ2n) is 18.5. The first-order valence-electron chi connectivity index (χ1n) is 21.5. The Labute approximate surface area is 368 Å². The Hall–Kier alpha value is -4.60. The minimum atomic E-state index is -2.14. The van der Waals surface area contributed by atoms with Crippen LogP contribution in [0.5, 0.6) is 0 Å². The second-order valence-corrected chi connectivity index (χ2v) is 22.9. The van der Waals surface area contributed by atoms with Crippen molar-refractivity contribution in [3.8, 4) is 0 Å². The third-order valence-electron chi connectivity index (χ3n) is 11.0. The predicted octanol–water partition coefficient (Wildman–Crippen LogP) is 7.07. The topological polar surface area (TPSA) is 179 Å². The summed E-state index contributed by atoms with van der Waals surface area (Å²) in [6.07, 6.45) is -0.117. The highest BCUT2D eigenvalue weighted by molar-refractivity contribution is 6.69. The van der Waals surface area contributed by atoms with E-state index < -0.39 is 72.1 Å². The van der Waals surface area contributed by atoms with Gasteiger partial charge in [0.1, 0.15) is 38.1 Å². The number of carbonyl (C=O) groups excluding carboxylic acids is 6. The van der Waals surface area contributed by atoms with Crippen LogP contribution < -0.4 is 5.32 Å². The molecule has 0 saturated carbocycles. The number of methoxy groups -OCH3 is 1. The monoisotopic (exact) mass is 883 g/mol. The maximum Gasteiger partial charge on any atom is 0.311 e. The highest BCUT2D eigenvalue weighted by atomic mass is 28.4. The number of esters is 6. The van der Waals surface area contributed by atoms with Gasteiger partial charge in [0.15, 0.2) is 8.32 Å². The smallest absolute Gasteiger partial charge is 0.311 e. The number of ether oxygens (including phenoxy) is 6. The molecular weight excluding hydrogens is 815 g/mol. The van der Waals surface area contributed by atoms with E-state index in [0.29, 0.717) is 13.0 Å². The van der Waals surface area contributed by atoms with Gasteiger partial charge >= 0.3 is 35.8 Å². The van der Waals surface area contributed by atoms with E-state index in [9.17, 15) is 28.8 Å². The summed E-state index contributed by atoms with van der Waals surface area (Å²) < 4.78 is 39.3. The maximum absolute atomic E-state index is 13.5. The van der Waals surface area contributed by atoms with Gasteiger partial charge in [-0.3, -0.25) is 28.8 Å². The van der Waals surface area contributed by atoms with Crippen LogP contribution in [0.15, 0.2) is 60.7 Å². The van der Waals surface area contributed by atoms with Gasteiger partial charge in [-0.25, -0.2) is 0 Å². The lowest BCUT2D eigenvalue weighted by molar-refractivity contribution is -0.170. The van der Waals surface area contributed by atoms with Gasteiger partial charge in [-0.2, -0.15) is 0 Å². The third kappa shape index (κ3) is 14.5. The van der Waals surface area contributed by atoms with Crippen LogP contribution in [0.25, 0.3) is 0 Å². The van der Waals surface area contributed by atoms with Gasteiger partial charge in [-0.15, -0.1) is 0 Å². The summed E-state index contributed by atoms with van der Waals surface area (Å²) in [5, 5.41) is 3.58. The molecular formula is C47H69NO13Si. The van der Waals surface area contributed by atoms with Crippen LogP contribution in [0.3, 0.4) is 0 Å². The van der Waals surface area contributed by atoms with E-state index in [1.165, 1.54) is 7.11 Å². The van der Waals surface area contributed by atoms with Crippen molar-refractivity contribution in [3.63, 3.8) is 0 Å². The summed E-state index contributed by atoms with van der Waals surface area (Å²) >= 11 is 0. The van der Waals surface area contributed by atoms with E-state index >= 15 is 0 Å². The SMILES string of the molecule is CCC(C)(CC(C)(CC(C)(C)C(=O)OCCOC(=O)C(C)C)C(=O)OC)C(=O)OCCOC(=O)CCC(=O)O[C@H]1CN[C@H](C(O[Si](C)(C)C)(c2ccccc2)c2ccccc2)C1. The standard InChI is InChI=1S/C47H69NO13Si/c1-12-45(6,32-46(7,42(53)55-8)31-44(4,5)41(52)58-28-26-57-40(51)33(2)3)43(54)59-27-25-56-38(49)23-24-39(50)60-36-29-37(48-30-36)47(61-62(9,10)11,34-19-15-13-16-20-34)35-21-17-14-18-22-35/h13-22,33,36-37,48H,12,23-32H2,1-11H3/t36-,37+,45?,46?/m1/s1. The Balaban J connectivity index is 1.52. The van der Waals surface area contributed by atoms with Gasteiger partial charge in [0.2, 0.25) is 0 Å². The quantitative estimate of drug-likeness (QED) is 0.0490. The molecule has 0 radical (unpaired) electrons. The van der Waals surface area contributed by atoms with E-state index in [-0.39, 0.29) is 70.5 Å². The molecule has 15 heteroatoms. The van der Waals surface area contributed by atoms with E-state index in [4.69, 9.17) is 32.8 Å². The van der Waals surface area contributed by atoms with Crippen LogP contribution in [-0.2, 0) is 67.2 Å². The zero-order valence-corrected chi connectivity index (χ0v) is 39.6. The molecule has 344 valence electrons. The summed E-state index contributed by atoms with van der Waals surface area (Å²) in [7, 11) is -0.905. The van der Waals surface area contributed by atoms with Crippen molar-refractivity contribution in [2.75, 3.05) is 40.1 Å². The number of carbonyl (C=O) groups is 6. The van der Waals surface area contributed by atoms with Gasteiger partial charge in [-0.1, -0.05) is 81.4 Å². The van der Waals surface area contributed by atoms with Gasteiger partial charge in [0.25, 0.3) is 0 Å². The van der Waals surface area contributed by atoms with Crippen LogP contribution in [0.4, 0.5) is 0 Å². The first-order chi connectivity index (χ1) is 29.0. The lowest BCUT2D eigenvalue weighted by atomic mass is 9.65.